The SMILES string of the molecule is OC(c1ccc(OC2CC2)cc1)C1CCCNC1. The third kappa shape index (κ3) is 2.85. The van der Waals surface area contributed by atoms with E-state index in [9.17, 15) is 5.11 Å². The van der Waals surface area contributed by atoms with E-state index in [1.54, 1.807) is 0 Å². The van der Waals surface area contributed by atoms with Gasteiger partial charge >= 0.3 is 0 Å². The summed E-state index contributed by atoms with van der Waals surface area (Å²) in [7, 11) is 0. The van der Waals surface area contributed by atoms with E-state index in [1.165, 1.54) is 12.8 Å². The van der Waals surface area contributed by atoms with Gasteiger partial charge in [0.15, 0.2) is 0 Å². The van der Waals surface area contributed by atoms with Crippen LogP contribution >= 0.6 is 0 Å². The summed E-state index contributed by atoms with van der Waals surface area (Å²) in [4.78, 5) is 0. The molecule has 2 unspecified atom stereocenters. The van der Waals surface area contributed by atoms with Gasteiger partial charge in [0.05, 0.1) is 12.2 Å². The van der Waals surface area contributed by atoms with Crippen LogP contribution in [0.4, 0.5) is 0 Å². The fourth-order valence-electron chi connectivity index (χ4n) is 2.54. The molecule has 2 atom stereocenters. The standard InChI is InChI=1S/C15H21NO2/c17-15(12-2-1-9-16-10-12)11-3-5-13(6-4-11)18-14-7-8-14/h3-6,12,14-17H,1-2,7-10H2. The minimum Gasteiger partial charge on any atom is -0.490 e. The Labute approximate surface area is 108 Å². The number of rotatable bonds is 4. The summed E-state index contributed by atoms with van der Waals surface area (Å²) in [5, 5.41) is 13.7. The van der Waals surface area contributed by atoms with Crippen LogP contribution in [-0.4, -0.2) is 24.3 Å². The number of ether oxygens (including phenoxy) is 1. The Balaban J connectivity index is 1.63. The summed E-state index contributed by atoms with van der Waals surface area (Å²) in [6, 6.07) is 7.95. The molecule has 2 fully saturated rings. The molecule has 1 heterocycles. The van der Waals surface area contributed by atoms with Gasteiger partial charge in [-0.25, -0.2) is 0 Å². The van der Waals surface area contributed by atoms with Crippen LogP contribution in [0.5, 0.6) is 5.75 Å². The van der Waals surface area contributed by atoms with Gasteiger partial charge in [0.2, 0.25) is 0 Å². The number of piperidine rings is 1. The average molecular weight is 247 g/mol. The Morgan fingerprint density at radius 3 is 2.56 bits per heavy atom. The molecule has 0 spiro atoms. The van der Waals surface area contributed by atoms with Gasteiger partial charge in [0.1, 0.15) is 5.75 Å². The molecule has 1 aromatic carbocycles. The highest BCUT2D eigenvalue weighted by atomic mass is 16.5. The molecule has 1 aliphatic carbocycles. The Morgan fingerprint density at radius 2 is 1.94 bits per heavy atom. The van der Waals surface area contributed by atoms with E-state index in [2.05, 4.69) is 5.32 Å². The molecule has 3 heteroatoms. The van der Waals surface area contributed by atoms with Crippen LogP contribution in [0.15, 0.2) is 24.3 Å². The van der Waals surface area contributed by atoms with Crippen molar-refractivity contribution in [1.29, 1.82) is 0 Å². The zero-order valence-electron chi connectivity index (χ0n) is 10.6. The summed E-state index contributed by atoms with van der Waals surface area (Å²) in [6.45, 7) is 2.00. The molecule has 1 aliphatic heterocycles. The molecule has 18 heavy (non-hydrogen) atoms. The van der Waals surface area contributed by atoms with Crippen molar-refractivity contribution in [3.05, 3.63) is 29.8 Å². The van der Waals surface area contributed by atoms with Gasteiger partial charge in [-0.15, -0.1) is 0 Å². The molecule has 1 saturated carbocycles. The predicted molar refractivity (Wildman–Crippen MR) is 70.6 cm³/mol. The monoisotopic (exact) mass is 247 g/mol. The second-order valence-electron chi connectivity index (χ2n) is 5.44. The molecule has 2 aliphatic rings. The molecule has 0 aromatic heterocycles. The van der Waals surface area contributed by atoms with Crippen LogP contribution in [0.25, 0.3) is 0 Å². The number of aliphatic hydroxyl groups excluding tert-OH is 1. The fraction of sp³-hybridized carbons (Fsp3) is 0.600. The molecule has 1 aromatic rings. The first-order chi connectivity index (χ1) is 8.83. The van der Waals surface area contributed by atoms with Crippen molar-refractivity contribution in [3.8, 4) is 5.75 Å². The second-order valence-corrected chi connectivity index (χ2v) is 5.44. The third-order valence-electron chi connectivity index (χ3n) is 3.83. The van der Waals surface area contributed by atoms with Crippen LogP contribution in [-0.2, 0) is 0 Å². The van der Waals surface area contributed by atoms with Crippen LogP contribution in [0.3, 0.4) is 0 Å². The second kappa shape index (κ2) is 5.29. The number of benzene rings is 1. The van der Waals surface area contributed by atoms with Gasteiger partial charge < -0.3 is 15.2 Å². The molecule has 3 nitrogen and oxygen atoms in total. The minimum absolute atomic E-state index is 0.342. The first-order valence-corrected chi connectivity index (χ1v) is 6.98. The van der Waals surface area contributed by atoms with Gasteiger partial charge in [-0.3, -0.25) is 0 Å². The molecule has 0 bridgehead atoms. The Morgan fingerprint density at radius 1 is 1.17 bits per heavy atom. The van der Waals surface area contributed by atoms with E-state index in [0.29, 0.717) is 12.0 Å². The lowest BCUT2D eigenvalue weighted by molar-refractivity contribution is 0.0921. The van der Waals surface area contributed by atoms with Gasteiger partial charge in [-0.1, -0.05) is 12.1 Å². The van der Waals surface area contributed by atoms with Crippen molar-refractivity contribution in [2.24, 2.45) is 5.92 Å². The van der Waals surface area contributed by atoms with Crippen molar-refractivity contribution in [3.63, 3.8) is 0 Å². The van der Waals surface area contributed by atoms with E-state index in [1.807, 2.05) is 24.3 Å². The quantitative estimate of drug-likeness (QED) is 0.857. The summed E-state index contributed by atoms with van der Waals surface area (Å²) in [6.07, 6.45) is 4.70. The maximum atomic E-state index is 10.3. The van der Waals surface area contributed by atoms with E-state index in [4.69, 9.17) is 4.74 Å². The van der Waals surface area contributed by atoms with Crippen molar-refractivity contribution in [1.82, 2.24) is 5.32 Å². The first-order valence-electron chi connectivity index (χ1n) is 6.98. The van der Waals surface area contributed by atoms with Crippen molar-refractivity contribution < 1.29 is 9.84 Å². The van der Waals surface area contributed by atoms with Crippen molar-refractivity contribution in [2.45, 2.75) is 37.9 Å². The lowest BCUT2D eigenvalue weighted by atomic mass is 9.89. The normalized spacial score (nSPS) is 25.7. The Hall–Kier alpha value is -1.06. The maximum absolute atomic E-state index is 10.3. The number of aliphatic hydroxyl groups is 1. The fourth-order valence-corrected chi connectivity index (χ4v) is 2.54. The molecule has 1 saturated heterocycles. The molecular weight excluding hydrogens is 226 g/mol. The van der Waals surface area contributed by atoms with Gasteiger partial charge in [0.25, 0.3) is 0 Å². The number of hydrogen-bond acceptors (Lipinski definition) is 3. The van der Waals surface area contributed by atoms with Crippen LogP contribution < -0.4 is 10.1 Å². The van der Waals surface area contributed by atoms with E-state index < -0.39 is 0 Å². The molecule has 3 rings (SSSR count). The highest BCUT2D eigenvalue weighted by Crippen LogP contribution is 2.30. The molecule has 0 radical (unpaired) electrons. The zero-order valence-corrected chi connectivity index (χ0v) is 10.6. The number of nitrogens with one attached hydrogen (secondary N) is 1. The predicted octanol–water partition coefficient (Wildman–Crippen LogP) is 2.26. The van der Waals surface area contributed by atoms with Crippen LogP contribution in [0.2, 0.25) is 0 Å². The number of hydrogen-bond donors (Lipinski definition) is 2. The smallest absolute Gasteiger partial charge is 0.119 e. The maximum Gasteiger partial charge on any atom is 0.119 e. The summed E-state index contributed by atoms with van der Waals surface area (Å²) in [5.74, 6) is 1.27. The van der Waals surface area contributed by atoms with E-state index >= 15 is 0 Å². The van der Waals surface area contributed by atoms with E-state index in [0.717, 1.165) is 37.2 Å². The average Bonchev–Trinajstić information content (AvgIpc) is 3.24. The van der Waals surface area contributed by atoms with Crippen LogP contribution in [0.1, 0.15) is 37.4 Å². The summed E-state index contributed by atoms with van der Waals surface area (Å²) < 4.78 is 5.71. The summed E-state index contributed by atoms with van der Waals surface area (Å²) in [5.41, 5.74) is 1.01. The van der Waals surface area contributed by atoms with Gasteiger partial charge in [0, 0.05) is 12.5 Å². The summed E-state index contributed by atoms with van der Waals surface area (Å²) >= 11 is 0. The van der Waals surface area contributed by atoms with Crippen molar-refractivity contribution in [2.75, 3.05) is 13.1 Å². The highest BCUT2D eigenvalue weighted by molar-refractivity contribution is 5.29. The molecule has 2 N–H and O–H groups in total. The lowest BCUT2D eigenvalue weighted by Crippen LogP contribution is -2.33. The Kier molecular flexibility index (Phi) is 3.52. The largest absolute Gasteiger partial charge is 0.490 e. The lowest BCUT2D eigenvalue weighted by Gasteiger charge is -2.27. The zero-order chi connectivity index (χ0) is 12.4. The van der Waals surface area contributed by atoms with Gasteiger partial charge in [-0.05, 0) is 49.9 Å². The minimum atomic E-state index is -0.354. The molecule has 98 valence electrons. The topological polar surface area (TPSA) is 41.5 Å². The Bertz CT molecular complexity index is 380. The van der Waals surface area contributed by atoms with Gasteiger partial charge in [-0.2, -0.15) is 0 Å². The molecule has 0 amide bonds. The van der Waals surface area contributed by atoms with Crippen molar-refractivity contribution >= 4 is 0 Å². The highest BCUT2D eigenvalue weighted by Gasteiger charge is 2.25. The third-order valence-corrected chi connectivity index (χ3v) is 3.83. The molecular formula is C15H21NO2. The first kappa shape index (κ1) is 12.0. The van der Waals surface area contributed by atoms with Crippen LogP contribution in [0, 0.1) is 5.92 Å². The van der Waals surface area contributed by atoms with E-state index in [-0.39, 0.29) is 6.10 Å².